The average Bonchev–Trinajstić information content (AvgIpc) is 3.44. The summed E-state index contributed by atoms with van der Waals surface area (Å²) in [5, 5.41) is 33.8. The number of carbonyl (C=O) groups excluding carboxylic acids is 2. The molecule has 4 saturated carbocycles. The number of methoxy groups -OCH3 is 1. The molecule has 5 fully saturated rings. The zero-order valence-electron chi connectivity index (χ0n) is 25.5. The summed E-state index contributed by atoms with van der Waals surface area (Å²) < 4.78 is 28.7. The van der Waals surface area contributed by atoms with Gasteiger partial charge in [-0.1, -0.05) is 13.8 Å². The topological polar surface area (TPSA) is 141 Å². The second kappa shape index (κ2) is 10.8. The summed E-state index contributed by atoms with van der Waals surface area (Å²) in [6.45, 7) is 7.85. The maximum Gasteiger partial charge on any atom is 0.331 e. The van der Waals surface area contributed by atoms with E-state index in [9.17, 15) is 24.9 Å². The van der Waals surface area contributed by atoms with E-state index in [1.807, 2.05) is 0 Å². The van der Waals surface area contributed by atoms with E-state index < -0.39 is 47.8 Å². The smallest absolute Gasteiger partial charge is 0.331 e. The van der Waals surface area contributed by atoms with Crippen LogP contribution in [0.15, 0.2) is 11.6 Å². The molecule has 14 atom stereocenters. The lowest BCUT2D eigenvalue weighted by molar-refractivity contribution is -0.313. The van der Waals surface area contributed by atoms with Crippen molar-refractivity contribution >= 4 is 11.9 Å². The van der Waals surface area contributed by atoms with Crippen LogP contribution in [0.5, 0.6) is 0 Å². The molecular weight excluding hydrogens is 544 g/mol. The number of carbonyl (C=O) groups is 2. The van der Waals surface area contributed by atoms with Crippen LogP contribution in [0.2, 0.25) is 0 Å². The second-order valence-corrected chi connectivity index (χ2v) is 14.5. The number of fused-ring (bicyclic) bond motifs is 5. The molecule has 0 bridgehead atoms. The summed E-state index contributed by atoms with van der Waals surface area (Å²) in [4.78, 5) is 24.2. The van der Waals surface area contributed by atoms with E-state index in [0.717, 1.165) is 50.5 Å². The predicted molar refractivity (Wildman–Crippen MR) is 149 cm³/mol. The zero-order chi connectivity index (χ0) is 30.2. The van der Waals surface area contributed by atoms with Crippen molar-refractivity contribution < 1.29 is 48.6 Å². The molecular formula is C32H48O10. The molecule has 0 amide bonds. The molecule has 42 heavy (non-hydrogen) atoms. The number of cyclic esters (lactones) is 1. The molecule has 0 aromatic carbocycles. The summed E-state index contributed by atoms with van der Waals surface area (Å²) in [6, 6.07) is 0. The summed E-state index contributed by atoms with van der Waals surface area (Å²) in [5.74, 6) is -0.234. The number of hydrogen-bond donors (Lipinski definition) is 3. The fourth-order valence-corrected chi connectivity index (χ4v) is 10.4. The Morgan fingerprint density at radius 2 is 1.83 bits per heavy atom. The first-order valence-corrected chi connectivity index (χ1v) is 15.8. The molecule has 0 radical (unpaired) electrons. The van der Waals surface area contributed by atoms with Gasteiger partial charge in [0.2, 0.25) is 0 Å². The average molecular weight is 593 g/mol. The number of aliphatic hydroxyl groups is 3. The van der Waals surface area contributed by atoms with E-state index in [0.29, 0.717) is 18.3 Å². The van der Waals surface area contributed by atoms with Crippen LogP contribution >= 0.6 is 0 Å². The molecule has 2 aliphatic heterocycles. The standard InChI is InChI=1S/C32H48O10/c1-16-26(35)28(38-5)27(36)29(40-16)42-20-8-10-30(3)19(13-20)6-7-22-21(30)9-11-31(4)25(18-12-24(34)39-15-18)23(41-17(2)33)14-32(22,31)37/h12,16,19-23,25-29,35-37H,6-11,13-15H2,1-5H3/t16-,19-,20-,21+,22-,23+,25+,26-,27+,28+,29-,30-,31+,32-/m0/s1. The minimum atomic E-state index is -1.08. The van der Waals surface area contributed by atoms with Crippen molar-refractivity contribution in [3.05, 3.63) is 11.6 Å². The fourth-order valence-electron chi connectivity index (χ4n) is 10.4. The van der Waals surface area contributed by atoms with Crippen LogP contribution in [0.4, 0.5) is 0 Å². The molecule has 10 nitrogen and oxygen atoms in total. The molecule has 1 saturated heterocycles. The second-order valence-electron chi connectivity index (χ2n) is 14.5. The fraction of sp³-hybridized carbons (Fsp3) is 0.875. The Labute approximate surface area is 248 Å². The van der Waals surface area contributed by atoms with Crippen LogP contribution in [0.25, 0.3) is 0 Å². The van der Waals surface area contributed by atoms with Crippen LogP contribution in [0.3, 0.4) is 0 Å². The Balaban J connectivity index is 1.20. The number of aliphatic hydroxyl groups excluding tert-OH is 2. The molecule has 6 aliphatic rings. The normalized spacial score (nSPS) is 52.0. The molecule has 10 heteroatoms. The molecule has 3 N–H and O–H groups in total. The van der Waals surface area contributed by atoms with Gasteiger partial charge in [0.15, 0.2) is 6.29 Å². The number of ether oxygens (including phenoxy) is 5. The Kier molecular flexibility index (Phi) is 7.84. The van der Waals surface area contributed by atoms with Gasteiger partial charge >= 0.3 is 11.9 Å². The molecule has 6 rings (SSSR count). The van der Waals surface area contributed by atoms with Crippen LogP contribution in [0.1, 0.15) is 79.1 Å². The van der Waals surface area contributed by atoms with Gasteiger partial charge in [-0.3, -0.25) is 4.79 Å². The zero-order valence-corrected chi connectivity index (χ0v) is 25.5. The van der Waals surface area contributed by atoms with Gasteiger partial charge in [0.05, 0.1) is 17.8 Å². The van der Waals surface area contributed by atoms with Crippen molar-refractivity contribution in [3.8, 4) is 0 Å². The molecule has 236 valence electrons. The van der Waals surface area contributed by atoms with Crippen LogP contribution in [0, 0.1) is 34.5 Å². The molecule has 0 unspecified atom stereocenters. The number of hydrogen-bond acceptors (Lipinski definition) is 10. The van der Waals surface area contributed by atoms with Gasteiger partial charge in [0, 0.05) is 37.9 Å². The van der Waals surface area contributed by atoms with Crippen molar-refractivity contribution in [3.63, 3.8) is 0 Å². The number of esters is 2. The van der Waals surface area contributed by atoms with E-state index in [1.165, 1.54) is 20.1 Å². The van der Waals surface area contributed by atoms with Crippen molar-refractivity contribution in [2.75, 3.05) is 13.7 Å². The van der Waals surface area contributed by atoms with E-state index >= 15 is 0 Å². The lowest BCUT2D eigenvalue weighted by Crippen LogP contribution is -2.62. The quantitative estimate of drug-likeness (QED) is 0.322. The SMILES string of the molecule is CO[C@@H]1[C@@H](O)[C@H](C)O[C@@H](O[C@H]2CC[C@@]3(C)[C@@H](CC[C@H]4[C@H]3CC[C@]3(C)[C@H](C5=CC(=O)OC5)[C@H](OC(C)=O)C[C@]43O)C2)[C@@H]1O. The molecule has 2 heterocycles. The van der Waals surface area contributed by atoms with Gasteiger partial charge in [0.1, 0.15) is 31.0 Å². The third kappa shape index (κ3) is 4.58. The van der Waals surface area contributed by atoms with Gasteiger partial charge in [-0.25, -0.2) is 4.79 Å². The van der Waals surface area contributed by atoms with Gasteiger partial charge < -0.3 is 39.0 Å². The lowest BCUT2D eigenvalue weighted by atomic mass is 9.43. The molecule has 0 aromatic rings. The first-order valence-electron chi connectivity index (χ1n) is 15.8. The van der Waals surface area contributed by atoms with E-state index in [2.05, 4.69) is 13.8 Å². The summed E-state index contributed by atoms with van der Waals surface area (Å²) in [6.07, 6.45) is 3.36. The van der Waals surface area contributed by atoms with Crippen LogP contribution in [-0.2, 0) is 33.3 Å². The Morgan fingerprint density at radius 1 is 1.07 bits per heavy atom. The minimum Gasteiger partial charge on any atom is -0.462 e. The monoisotopic (exact) mass is 592 g/mol. The van der Waals surface area contributed by atoms with Crippen LogP contribution in [-0.4, -0.2) is 89.5 Å². The first kappa shape index (κ1) is 30.5. The van der Waals surface area contributed by atoms with Gasteiger partial charge in [-0.15, -0.1) is 0 Å². The molecule has 4 aliphatic carbocycles. The highest BCUT2D eigenvalue weighted by Gasteiger charge is 2.71. The maximum atomic E-state index is 12.7. The third-order valence-corrected chi connectivity index (χ3v) is 12.6. The minimum absolute atomic E-state index is 0.0190. The summed E-state index contributed by atoms with van der Waals surface area (Å²) in [5.41, 5.74) is -0.720. The highest BCUT2D eigenvalue weighted by atomic mass is 16.7. The Bertz CT molecular complexity index is 1110. The predicted octanol–water partition coefficient (Wildman–Crippen LogP) is 2.65. The Hall–Kier alpha value is -1.56. The van der Waals surface area contributed by atoms with E-state index in [1.54, 1.807) is 6.92 Å². The molecule has 0 aromatic heterocycles. The first-order chi connectivity index (χ1) is 19.8. The van der Waals surface area contributed by atoms with Crippen molar-refractivity contribution in [1.82, 2.24) is 0 Å². The highest BCUT2D eigenvalue weighted by Crippen LogP contribution is 2.70. The number of rotatable bonds is 5. The van der Waals surface area contributed by atoms with Crippen LogP contribution < -0.4 is 0 Å². The Morgan fingerprint density at radius 3 is 2.50 bits per heavy atom. The van der Waals surface area contributed by atoms with E-state index in [-0.39, 0.29) is 41.9 Å². The van der Waals surface area contributed by atoms with Crippen molar-refractivity contribution in [2.24, 2.45) is 34.5 Å². The maximum absolute atomic E-state index is 12.7. The van der Waals surface area contributed by atoms with E-state index in [4.69, 9.17) is 23.7 Å². The highest BCUT2D eigenvalue weighted by molar-refractivity contribution is 5.85. The van der Waals surface area contributed by atoms with Crippen molar-refractivity contribution in [1.29, 1.82) is 0 Å². The van der Waals surface area contributed by atoms with Gasteiger partial charge in [-0.2, -0.15) is 0 Å². The molecule has 0 spiro atoms. The van der Waals surface area contributed by atoms with Crippen molar-refractivity contribution in [2.45, 2.75) is 128 Å². The van der Waals surface area contributed by atoms with Gasteiger partial charge in [0.25, 0.3) is 0 Å². The lowest BCUT2D eigenvalue weighted by Gasteiger charge is -2.63. The largest absolute Gasteiger partial charge is 0.462 e. The third-order valence-electron chi connectivity index (χ3n) is 12.6. The summed E-state index contributed by atoms with van der Waals surface area (Å²) >= 11 is 0. The summed E-state index contributed by atoms with van der Waals surface area (Å²) in [7, 11) is 1.47. The van der Waals surface area contributed by atoms with Gasteiger partial charge in [-0.05, 0) is 80.6 Å².